The van der Waals surface area contributed by atoms with E-state index < -0.39 is 18.1 Å². The molecular formula is C47H28N4S2. The highest BCUT2D eigenvalue weighted by molar-refractivity contribution is 7.26. The number of rotatable bonds is 5. The molecule has 4 heterocycles. The van der Waals surface area contributed by atoms with Gasteiger partial charge >= 0.3 is 0 Å². The van der Waals surface area contributed by atoms with Crippen LogP contribution >= 0.6 is 22.7 Å². The number of fused-ring (bicyclic) bond motifs is 7. The first-order valence-corrected chi connectivity index (χ1v) is 18.3. The zero-order chi connectivity index (χ0) is 45.3. The third kappa shape index (κ3) is 4.84. The Kier molecular flexibility index (Phi) is 4.67. The van der Waals surface area contributed by atoms with Crippen molar-refractivity contribution in [3.05, 3.63) is 169 Å². The third-order valence-corrected chi connectivity index (χ3v) is 11.4. The highest BCUT2D eigenvalue weighted by atomic mass is 32.1. The molecule has 4 aromatic heterocycles. The smallest absolute Gasteiger partial charge is 0.166 e. The van der Waals surface area contributed by atoms with Crippen LogP contribution in [0.1, 0.15) is 16.4 Å². The van der Waals surface area contributed by atoms with Crippen molar-refractivity contribution in [2.24, 2.45) is 0 Å². The van der Waals surface area contributed by atoms with Gasteiger partial charge in [0.1, 0.15) is 0 Å². The van der Waals surface area contributed by atoms with Crippen LogP contribution in [0.2, 0.25) is 0 Å². The summed E-state index contributed by atoms with van der Waals surface area (Å²) in [5.74, 6) is 0.803. The standard InChI is InChI=1S/C47H28N4S2/c1-5-22-39-33(15-1)34-16-2-6-23-40(34)51(39)41-24-7-3-18-37(41)46-48-45(49-47(50-46)38-21-10-12-29-26-27-52-43(29)38)31-14-9-13-30(28-31)32-19-11-20-36-35-17-4-8-25-42(35)53-44(32)36/h1-28H/i1D,2D,4D,5D,11D,15D,16D,17D,20D,22D,23D,25D. The SMILES string of the molecule is [2H]c1cc([2H])c2sc3c(-c4cccc(-c5nc(-c6ccccc6-n6c7c([2H])cc([2H])c([2H])c7c7c([2H])c([2H])c([2H])c([2H])c76)nc(-c6cccc7ccsc67)n5)c4)cc([2H])c([2H])c3c2c1[2H]. The van der Waals surface area contributed by atoms with Gasteiger partial charge in [-0.05, 0) is 70.4 Å². The Balaban J connectivity index is 1.19. The van der Waals surface area contributed by atoms with Gasteiger partial charge in [0.2, 0.25) is 0 Å². The Morgan fingerprint density at radius 3 is 2.15 bits per heavy atom. The van der Waals surface area contributed by atoms with E-state index >= 15 is 0 Å². The van der Waals surface area contributed by atoms with E-state index in [-0.39, 0.29) is 87.8 Å². The number of thiophene rings is 2. The van der Waals surface area contributed by atoms with Crippen molar-refractivity contribution in [1.29, 1.82) is 0 Å². The van der Waals surface area contributed by atoms with Crippen molar-refractivity contribution in [2.75, 3.05) is 0 Å². The van der Waals surface area contributed by atoms with E-state index in [1.807, 2.05) is 53.9 Å². The molecule has 0 spiro atoms. The lowest BCUT2D eigenvalue weighted by Crippen LogP contribution is -2.03. The van der Waals surface area contributed by atoms with Crippen molar-refractivity contribution < 1.29 is 16.4 Å². The fourth-order valence-electron chi connectivity index (χ4n) is 6.94. The molecule has 0 N–H and O–H groups in total. The average Bonchev–Trinajstić information content (AvgIpc) is 4.06. The van der Waals surface area contributed by atoms with E-state index in [0.29, 0.717) is 53.9 Å². The first kappa shape index (κ1) is 20.5. The summed E-state index contributed by atoms with van der Waals surface area (Å²) in [6.07, 6.45) is 0. The van der Waals surface area contributed by atoms with Crippen molar-refractivity contribution in [3.63, 3.8) is 0 Å². The van der Waals surface area contributed by atoms with Crippen LogP contribution in [-0.4, -0.2) is 19.5 Å². The molecule has 0 aliphatic heterocycles. The Labute approximate surface area is 329 Å². The van der Waals surface area contributed by atoms with Gasteiger partial charge in [0.05, 0.1) is 33.2 Å². The zero-order valence-corrected chi connectivity index (χ0v) is 29.0. The predicted octanol–water partition coefficient (Wildman–Crippen LogP) is 13.2. The molecule has 7 aromatic carbocycles. The lowest BCUT2D eigenvalue weighted by atomic mass is 10.0. The molecule has 0 saturated heterocycles. The molecule has 11 rings (SSSR count). The van der Waals surface area contributed by atoms with Crippen molar-refractivity contribution in [3.8, 4) is 51.0 Å². The summed E-state index contributed by atoms with van der Waals surface area (Å²) in [4.78, 5) is 15.2. The number of hydrogen-bond acceptors (Lipinski definition) is 5. The van der Waals surface area contributed by atoms with Gasteiger partial charge in [-0.25, -0.2) is 15.0 Å². The van der Waals surface area contributed by atoms with Crippen molar-refractivity contribution >= 4 is 74.7 Å². The van der Waals surface area contributed by atoms with Gasteiger partial charge in [0, 0.05) is 52.3 Å². The molecule has 0 aliphatic rings. The van der Waals surface area contributed by atoms with Crippen LogP contribution in [0.3, 0.4) is 0 Å². The fraction of sp³-hybridized carbons (Fsp3) is 0. The molecule has 0 aliphatic carbocycles. The summed E-state index contributed by atoms with van der Waals surface area (Å²) in [5.41, 5.74) is 3.50. The summed E-state index contributed by atoms with van der Waals surface area (Å²) in [6, 6.07) is 23.6. The Hall–Kier alpha value is -6.47. The van der Waals surface area contributed by atoms with Crippen LogP contribution in [0.5, 0.6) is 0 Å². The largest absolute Gasteiger partial charge is 0.309 e. The molecule has 11 aromatic rings. The molecule has 248 valence electrons. The van der Waals surface area contributed by atoms with Gasteiger partial charge in [0.25, 0.3) is 0 Å². The van der Waals surface area contributed by atoms with Gasteiger partial charge in [-0.1, -0.05) is 115 Å². The van der Waals surface area contributed by atoms with Crippen LogP contribution in [0.15, 0.2) is 169 Å². The predicted molar refractivity (Wildman–Crippen MR) is 224 cm³/mol. The van der Waals surface area contributed by atoms with Crippen molar-refractivity contribution in [2.45, 2.75) is 0 Å². The summed E-state index contributed by atoms with van der Waals surface area (Å²) in [7, 11) is 0. The summed E-state index contributed by atoms with van der Waals surface area (Å²) in [5, 5.41) is 3.70. The molecule has 0 radical (unpaired) electrons. The second-order valence-electron chi connectivity index (χ2n) is 12.3. The first-order chi connectivity index (χ1) is 31.2. The van der Waals surface area contributed by atoms with Crippen LogP contribution in [0, 0.1) is 0 Å². The molecular weight excluding hydrogens is 685 g/mol. The maximum absolute atomic E-state index is 9.13. The van der Waals surface area contributed by atoms with E-state index in [4.69, 9.17) is 31.4 Å². The first-order valence-electron chi connectivity index (χ1n) is 22.6. The molecule has 0 fully saturated rings. The van der Waals surface area contributed by atoms with E-state index in [9.17, 15) is 0 Å². The molecule has 4 nitrogen and oxygen atoms in total. The molecule has 0 saturated carbocycles. The summed E-state index contributed by atoms with van der Waals surface area (Å²) < 4.78 is 109. The maximum Gasteiger partial charge on any atom is 0.166 e. The number of nitrogens with zero attached hydrogens (tertiary/aromatic N) is 4. The minimum Gasteiger partial charge on any atom is -0.309 e. The van der Waals surface area contributed by atoms with Gasteiger partial charge in [-0.2, -0.15) is 0 Å². The summed E-state index contributed by atoms with van der Waals surface area (Å²) in [6.45, 7) is 0. The molecule has 0 unspecified atom stereocenters. The zero-order valence-electron chi connectivity index (χ0n) is 39.3. The fourth-order valence-corrected chi connectivity index (χ4v) is 8.97. The highest BCUT2D eigenvalue weighted by Gasteiger charge is 2.20. The number of aromatic nitrogens is 4. The minimum absolute atomic E-state index is 0.0201. The Morgan fingerprint density at radius 1 is 0.491 bits per heavy atom. The molecule has 0 atom stereocenters. The quantitative estimate of drug-likeness (QED) is 0.177. The normalized spacial score (nSPS) is 14.9. The van der Waals surface area contributed by atoms with Crippen molar-refractivity contribution in [1.82, 2.24) is 19.5 Å². The van der Waals surface area contributed by atoms with E-state index in [2.05, 4.69) is 0 Å². The lowest BCUT2D eigenvalue weighted by Gasteiger charge is -2.15. The van der Waals surface area contributed by atoms with E-state index in [1.54, 1.807) is 34.9 Å². The highest BCUT2D eigenvalue weighted by Crippen LogP contribution is 2.41. The second-order valence-corrected chi connectivity index (χ2v) is 14.2. The van der Waals surface area contributed by atoms with Crippen LogP contribution in [0.4, 0.5) is 0 Å². The molecule has 0 bridgehead atoms. The van der Waals surface area contributed by atoms with Gasteiger partial charge in [-0.3, -0.25) is 0 Å². The third-order valence-electron chi connectivity index (χ3n) is 9.29. The lowest BCUT2D eigenvalue weighted by molar-refractivity contribution is 1.07. The number of para-hydroxylation sites is 3. The minimum atomic E-state index is -0.500. The maximum atomic E-state index is 9.13. The Bertz CT molecular complexity index is 3900. The topological polar surface area (TPSA) is 43.6 Å². The average molecular weight is 725 g/mol. The molecule has 53 heavy (non-hydrogen) atoms. The van der Waals surface area contributed by atoms with E-state index in [0.717, 1.165) is 15.6 Å². The van der Waals surface area contributed by atoms with Crippen LogP contribution in [0.25, 0.3) is 103 Å². The van der Waals surface area contributed by atoms with Crippen LogP contribution < -0.4 is 0 Å². The molecule has 0 amide bonds. The van der Waals surface area contributed by atoms with E-state index in [1.165, 1.54) is 34.8 Å². The monoisotopic (exact) mass is 724 g/mol. The second kappa shape index (κ2) is 12.1. The van der Waals surface area contributed by atoms with Gasteiger partial charge in [0.15, 0.2) is 17.5 Å². The Morgan fingerprint density at radius 2 is 1.21 bits per heavy atom. The molecule has 6 heteroatoms. The summed E-state index contributed by atoms with van der Waals surface area (Å²) >= 11 is 2.78. The van der Waals surface area contributed by atoms with Gasteiger partial charge < -0.3 is 4.57 Å². The van der Waals surface area contributed by atoms with Crippen LogP contribution in [-0.2, 0) is 0 Å². The van der Waals surface area contributed by atoms with Gasteiger partial charge in [-0.15, -0.1) is 22.7 Å². The number of benzene rings is 7. The number of hydrogen-bond donors (Lipinski definition) is 0.